The van der Waals surface area contributed by atoms with Crippen LogP contribution in [0.15, 0.2) is 108 Å². The van der Waals surface area contributed by atoms with Crippen molar-refractivity contribution in [1.82, 2.24) is 14.9 Å². The molecule has 0 spiro atoms. The molecule has 38 heavy (non-hydrogen) atoms. The first-order valence-corrected chi connectivity index (χ1v) is 13.6. The highest BCUT2D eigenvalue weighted by Crippen LogP contribution is 2.24. The lowest BCUT2D eigenvalue weighted by Crippen LogP contribution is -2.17. The van der Waals surface area contributed by atoms with E-state index in [2.05, 4.69) is 57.6 Å². The molecule has 9 heteroatoms. The van der Waals surface area contributed by atoms with Gasteiger partial charge in [-0.05, 0) is 61.5 Å². The van der Waals surface area contributed by atoms with Gasteiger partial charge in [0.1, 0.15) is 5.75 Å². The van der Waals surface area contributed by atoms with E-state index in [1.165, 1.54) is 17.7 Å². The molecule has 6 bridgehead atoms. The minimum atomic E-state index is -4.00. The summed E-state index contributed by atoms with van der Waals surface area (Å²) in [6, 6.07) is 25.7. The summed E-state index contributed by atoms with van der Waals surface area (Å²) < 4.78 is 35.1. The van der Waals surface area contributed by atoms with Crippen molar-refractivity contribution < 1.29 is 17.7 Å². The first kappa shape index (κ1) is 27.0. The molecule has 0 atom stereocenters. The van der Waals surface area contributed by atoms with Crippen LogP contribution in [0.25, 0.3) is 11.3 Å². The monoisotopic (exact) mass is 530 g/mol. The van der Waals surface area contributed by atoms with Gasteiger partial charge in [-0.15, -0.1) is 0 Å². The lowest BCUT2D eigenvalue weighted by atomic mass is 10.1. The number of hydrogen-bond acceptors (Lipinski definition) is 7. The Bertz CT molecular complexity index is 1480. The highest BCUT2D eigenvalue weighted by Gasteiger charge is 2.07. The molecule has 0 fully saturated rings. The van der Waals surface area contributed by atoms with Crippen LogP contribution < -0.4 is 10.1 Å². The molecular weight excluding hydrogens is 500 g/mol. The van der Waals surface area contributed by atoms with Crippen LogP contribution in [0.2, 0.25) is 0 Å². The molecule has 1 aromatic heterocycles. The van der Waals surface area contributed by atoms with Crippen molar-refractivity contribution in [1.29, 1.82) is 0 Å². The standard InChI is InChI=1S/C23H24N4O.C6H6O3S/c1-27-13-3-2-4-14-28-21-10-6-8-19(16-21)22-11-12-24-23(26-22)25-20-9-5-7-18(15-20)17-27;7-10(8,9)6-4-2-1-3-5-6/h2-3,5-12,15-16H,4,13-14,17H2,1H3,(H,24,25,26);1-5H,(H,7,8,9)/b3-2+;. The van der Waals surface area contributed by atoms with Crippen LogP contribution in [0.4, 0.5) is 11.6 Å². The molecule has 3 aromatic carbocycles. The number of hydrogen-bond donors (Lipinski definition) is 2. The van der Waals surface area contributed by atoms with Gasteiger partial charge in [0.05, 0.1) is 17.2 Å². The smallest absolute Gasteiger partial charge is 0.294 e. The van der Waals surface area contributed by atoms with Gasteiger partial charge in [-0.1, -0.05) is 54.6 Å². The van der Waals surface area contributed by atoms with Gasteiger partial charge in [-0.2, -0.15) is 8.42 Å². The van der Waals surface area contributed by atoms with Crippen molar-refractivity contribution in [2.75, 3.05) is 25.5 Å². The third-order valence-electron chi connectivity index (χ3n) is 5.60. The lowest BCUT2D eigenvalue weighted by molar-refractivity contribution is 0.324. The van der Waals surface area contributed by atoms with Gasteiger partial charge < -0.3 is 10.1 Å². The zero-order valence-electron chi connectivity index (χ0n) is 21.1. The maximum absolute atomic E-state index is 10.4. The largest absolute Gasteiger partial charge is 0.493 e. The van der Waals surface area contributed by atoms with Crippen LogP contribution in [-0.4, -0.2) is 48.0 Å². The van der Waals surface area contributed by atoms with E-state index in [0.29, 0.717) is 12.6 Å². The number of anilines is 2. The summed E-state index contributed by atoms with van der Waals surface area (Å²) in [6.45, 7) is 2.43. The third kappa shape index (κ3) is 8.24. The Hall–Kier alpha value is -4.05. The first-order chi connectivity index (χ1) is 18.4. The molecule has 196 valence electrons. The summed E-state index contributed by atoms with van der Waals surface area (Å²) >= 11 is 0. The predicted octanol–water partition coefficient (Wildman–Crippen LogP) is 5.59. The van der Waals surface area contributed by atoms with E-state index in [1.54, 1.807) is 24.4 Å². The van der Waals surface area contributed by atoms with E-state index in [0.717, 1.165) is 42.2 Å². The second-order valence-corrected chi connectivity index (χ2v) is 10.1. The number of benzene rings is 3. The second-order valence-electron chi connectivity index (χ2n) is 8.71. The summed E-state index contributed by atoms with van der Waals surface area (Å²) in [4.78, 5) is 11.3. The zero-order valence-corrected chi connectivity index (χ0v) is 21.9. The molecule has 8 nitrogen and oxygen atoms in total. The van der Waals surface area contributed by atoms with Crippen LogP contribution in [0.5, 0.6) is 5.75 Å². The quantitative estimate of drug-likeness (QED) is 0.242. The molecule has 5 rings (SSSR count). The van der Waals surface area contributed by atoms with Crippen LogP contribution in [0.1, 0.15) is 12.0 Å². The van der Waals surface area contributed by atoms with Crippen LogP contribution in [0.3, 0.4) is 0 Å². The summed E-state index contributed by atoms with van der Waals surface area (Å²) in [7, 11) is -1.88. The van der Waals surface area contributed by atoms with Crippen molar-refractivity contribution in [2.24, 2.45) is 0 Å². The predicted molar refractivity (Wildman–Crippen MR) is 149 cm³/mol. The molecule has 0 unspecified atom stereocenters. The van der Waals surface area contributed by atoms with Gasteiger partial charge in [-0.3, -0.25) is 9.45 Å². The van der Waals surface area contributed by atoms with E-state index >= 15 is 0 Å². The third-order valence-corrected chi connectivity index (χ3v) is 6.47. The number of ether oxygens (including phenoxy) is 1. The van der Waals surface area contributed by atoms with E-state index in [-0.39, 0.29) is 4.90 Å². The van der Waals surface area contributed by atoms with E-state index in [1.807, 2.05) is 36.4 Å². The molecule has 1 aliphatic rings. The Labute approximate surface area is 223 Å². The molecule has 0 radical (unpaired) electrons. The molecule has 1 aliphatic heterocycles. The van der Waals surface area contributed by atoms with Crippen LogP contribution in [-0.2, 0) is 16.7 Å². The Morgan fingerprint density at radius 3 is 2.55 bits per heavy atom. The topological polar surface area (TPSA) is 105 Å². The number of aromatic nitrogens is 2. The van der Waals surface area contributed by atoms with Crippen molar-refractivity contribution in [3.8, 4) is 17.0 Å². The highest BCUT2D eigenvalue weighted by molar-refractivity contribution is 7.85. The van der Waals surface area contributed by atoms with Crippen molar-refractivity contribution in [3.05, 3.63) is 109 Å². The fourth-order valence-corrected chi connectivity index (χ4v) is 4.29. The minimum absolute atomic E-state index is 0.0741. The van der Waals surface area contributed by atoms with Crippen molar-refractivity contribution in [2.45, 2.75) is 17.9 Å². The molecule has 0 saturated heterocycles. The Morgan fingerprint density at radius 1 is 0.947 bits per heavy atom. The number of rotatable bonds is 1. The molecule has 0 saturated carbocycles. The number of nitrogens with one attached hydrogen (secondary N) is 1. The Morgan fingerprint density at radius 2 is 1.76 bits per heavy atom. The normalized spacial score (nSPS) is 14.9. The Kier molecular flexibility index (Phi) is 9.21. The van der Waals surface area contributed by atoms with Gasteiger partial charge in [0.2, 0.25) is 5.95 Å². The molecule has 2 heterocycles. The van der Waals surface area contributed by atoms with Crippen molar-refractivity contribution >= 4 is 21.8 Å². The van der Waals surface area contributed by atoms with Gasteiger partial charge in [0.25, 0.3) is 10.1 Å². The fourth-order valence-electron chi connectivity index (χ4n) is 3.79. The van der Waals surface area contributed by atoms with Crippen molar-refractivity contribution in [3.63, 3.8) is 0 Å². The van der Waals surface area contributed by atoms with Gasteiger partial charge in [-0.25, -0.2) is 9.97 Å². The highest BCUT2D eigenvalue weighted by atomic mass is 32.2. The molecule has 4 aromatic rings. The van der Waals surface area contributed by atoms with E-state index < -0.39 is 10.1 Å². The summed E-state index contributed by atoms with van der Waals surface area (Å²) in [5, 5.41) is 3.32. The second kappa shape index (κ2) is 13.0. The molecule has 0 amide bonds. The van der Waals surface area contributed by atoms with E-state index in [9.17, 15) is 8.42 Å². The molecule has 0 aliphatic carbocycles. The van der Waals surface area contributed by atoms with Gasteiger partial charge in [0.15, 0.2) is 0 Å². The van der Waals surface area contributed by atoms with Gasteiger partial charge in [0, 0.05) is 30.5 Å². The zero-order chi connectivity index (χ0) is 26.8. The van der Waals surface area contributed by atoms with Crippen LogP contribution in [0, 0.1) is 0 Å². The lowest BCUT2D eigenvalue weighted by Gasteiger charge is -2.15. The summed E-state index contributed by atoms with van der Waals surface area (Å²) in [5.41, 5.74) is 4.10. The maximum Gasteiger partial charge on any atom is 0.294 e. The Balaban J connectivity index is 0.000000283. The number of likely N-dealkylation sites (N-methyl/N-ethyl adjacent to an activating group) is 1. The number of fused-ring (bicyclic) bond motifs is 7. The SMILES string of the molecule is CN1C/C=C/CCOc2cccc(c2)-c2ccnc(n2)Nc2cccc(c2)C1.O=S(=O)(O)c1ccccc1. The van der Waals surface area contributed by atoms with Crippen LogP contribution >= 0.6 is 0 Å². The number of nitrogens with zero attached hydrogens (tertiary/aromatic N) is 3. The summed E-state index contributed by atoms with van der Waals surface area (Å²) in [5.74, 6) is 1.43. The minimum Gasteiger partial charge on any atom is -0.493 e. The summed E-state index contributed by atoms with van der Waals surface area (Å²) in [6.07, 6.45) is 7.04. The van der Waals surface area contributed by atoms with E-state index in [4.69, 9.17) is 9.29 Å². The average Bonchev–Trinajstić information content (AvgIpc) is 2.91. The first-order valence-electron chi connectivity index (χ1n) is 12.2. The maximum atomic E-state index is 10.4. The average molecular weight is 531 g/mol. The molecule has 2 N–H and O–H groups in total. The fraction of sp³-hybridized carbons (Fsp3) is 0.172. The van der Waals surface area contributed by atoms with Gasteiger partial charge >= 0.3 is 0 Å². The molecular formula is C29H30N4O4S.